The fourth-order valence-electron chi connectivity index (χ4n) is 1.34. The van der Waals surface area contributed by atoms with Crippen molar-refractivity contribution < 1.29 is 0 Å². The first-order valence-electron chi connectivity index (χ1n) is 4.74. The number of benzene rings is 1. The van der Waals surface area contributed by atoms with Crippen molar-refractivity contribution in [2.75, 3.05) is 0 Å². The van der Waals surface area contributed by atoms with Crippen molar-refractivity contribution in [1.82, 2.24) is 9.97 Å². The third-order valence-corrected chi connectivity index (χ3v) is 2.55. The molecule has 0 fully saturated rings. The largest absolute Gasteiger partial charge is 0.237 e. The summed E-state index contributed by atoms with van der Waals surface area (Å²) in [6.07, 6.45) is 1.99. The van der Waals surface area contributed by atoms with E-state index in [1.165, 1.54) is 0 Å². The van der Waals surface area contributed by atoms with Gasteiger partial charge in [0.05, 0.1) is 18.2 Å². The Morgan fingerprint density at radius 2 is 2.19 bits per heavy atom. The lowest BCUT2D eigenvalue weighted by Gasteiger charge is -2.01. The van der Waals surface area contributed by atoms with Crippen LogP contribution in [0.1, 0.15) is 5.69 Å². The second-order valence-electron chi connectivity index (χ2n) is 3.22. The van der Waals surface area contributed by atoms with Gasteiger partial charge in [0.15, 0.2) is 5.82 Å². The molecule has 0 aliphatic heterocycles. The molecule has 3 nitrogen and oxygen atoms in total. The maximum atomic E-state index is 8.61. The Labute approximate surface area is 102 Å². The Bertz CT molecular complexity index is 546. The Kier molecular flexibility index (Phi) is 3.28. The highest BCUT2D eigenvalue weighted by molar-refractivity contribution is 9.10. The number of hydrogen-bond acceptors (Lipinski definition) is 3. The van der Waals surface area contributed by atoms with E-state index in [0.29, 0.717) is 12.2 Å². The third kappa shape index (κ3) is 2.44. The molecule has 4 heteroatoms. The lowest BCUT2D eigenvalue weighted by Crippen LogP contribution is -1.93. The molecule has 0 amide bonds. The van der Waals surface area contributed by atoms with Gasteiger partial charge >= 0.3 is 0 Å². The summed E-state index contributed by atoms with van der Waals surface area (Å²) in [4.78, 5) is 8.51. The zero-order valence-electron chi connectivity index (χ0n) is 8.39. The predicted molar refractivity (Wildman–Crippen MR) is 64.5 cm³/mol. The molecular weight excluding hydrogens is 266 g/mol. The number of hydrogen-bond donors (Lipinski definition) is 0. The molecule has 0 N–H and O–H groups in total. The summed E-state index contributed by atoms with van der Waals surface area (Å²) in [6.45, 7) is 0. The second-order valence-corrected chi connectivity index (χ2v) is 4.13. The molecule has 0 aliphatic carbocycles. The standard InChI is InChI=1S/C12H8BrN3/c13-10-3-1-2-9(8-10)12-15-7-5-11(16-12)4-6-14/h1-3,5,7-8H,4H2. The molecule has 0 saturated carbocycles. The van der Waals surface area contributed by atoms with Gasteiger partial charge in [-0.05, 0) is 18.2 Å². The molecule has 0 spiro atoms. The molecule has 0 radical (unpaired) electrons. The molecule has 1 aromatic carbocycles. The van der Waals surface area contributed by atoms with Crippen LogP contribution in [-0.4, -0.2) is 9.97 Å². The fraction of sp³-hybridized carbons (Fsp3) is 0.0833. The number of rotatable bonds is 2. The monoisotopic (exact) mass is 273 g/mol. The molecular formula is C12H8BrN3. The van der Waals surface area contributed by atoms with Gasteiger partial charge in [-0.25, -0.2) is 9.97 Å². The first-order valence-corrected chi connectivity index (χ1v) is 5.54. The van der Waals surface area contributed by atoms with Gasteiger partial charge in [-0.15, -0.1) is 0 Å². The average molecular weight is 274 g/mol. The number of halogens is 1. The second kappa shape index (κ2) is 4.86. The molecule has 1 heterocycles. The molecule has 78 valence electrons. The fourth-order valence-corrected chi connectivity index (χ4v) is 1.74. The minimum atomic E-state index is 0.309. The molecule has 0 bridgehead atoms. The van der Waals surface area contributed by atoms with Crippen molar-refractivity contribution in [3.05, 3.63) is 46.7 Å². The van der Waals surface area contributed by atoms with Gasteiger partial charge in [-0.3, -0.25) is 0 Å². The van der Waals surface area contributed by atoms with Crippen LogP contribution < -0.4 is 0 Å². The summed E-state index contributed by atoms with van der Waals surface area (Å²) in [7, 11) is 0. The van der Waals surface area contributed by atoms with Crippen LogP contribution in [-0.2, 0) is 6.42 Å². The van der Waals surface area contributed by atoms with Crippen LogP contribution in [0.4, 0.5) is 0 Å². The van der Waals surface area contributed by atoms with Gasteiger partial charge in [0.25, 0.3) is 0 Å². The van der Waals surface area contributed by atoms with Crippen molar-refractivity contribution in [2.24, 2.45) is 0 Å². The van der Waals surface area contributed by atoms with E-state index in [0.717, 1.165) is 15.7 Å². The zero-order chi connectivity index (χ0) is 11.4. The summed E-state index contributed by atoms with van der Waals surface area (Å²) in [6, 6.07) is 11.6. The maximum absolute atomic E-state index is 8.61. The Hall–Kier alpha value is -1.73. The smallest absolute Gasteiger partial charge is 0.159 e. The molecule has 1 aromatic heterocycles. The van der Waals surface area contributed by atoms with Crippen molar-refractivity contribution >= 4 is 15.9 Å². The van der Waals surface area contributed by atoms with Crippen LogP contribution in [0, 0.1) is 11.3 Å². The number of aromatic nitrogens is 2. The molecule has 0 unspecified atom stereocenters. The molecule has 2 aromatic rings. The molecule has 16 heavy (non-hydrogen) atoms. The Morgan fingerprint density at radius 3 is 2.94 bits per heavy atom. The highest BCUT2D eigenvalue weighted by Crippen LogP contribution is 2.19. The first kappa shape index (κ1) is 10.8. The zero-order valence-corrected chi connectivity index (χ0v) is 9.98. The summed E-state index contributed by atoms with van der Waals surface area (Å²) in [5.41, 5.74) is 1.68. The SMILES string of the molecule is N#CCc1ccnc(-c2cccc(Br)c2)n1. The Balaban J connectivity index is 2.41. The van der Waals surface area contributed by atoms with Crippen LogP contribution in [0.2, 0.25) is 0 Å². The van der Waals surface area contributed by atoms with Crippen molar-refractivity contribution in [3.63, 3.8) is 0 Å². The van der Waals surface area contributed by atoms with E-state index in [-0.39, 0.29) is 0 Å². The quantitative estimate of drug-likeness (QED) is 0.845. The molecule has 0 aliphatic rings. The minimum absolute atomic E-state index is 0.309. The summed E-state index contributed by atoms with van der Waals surface area (Å²) in [5.74, 6) is 0.647. The number of nitriles is 1. The third-order valence-electron chi connectivity index (χ3n) is 2.06. The highest BCUT2D eigenvalue weighted by atomic mass is 79.9. The van der Waals surface area contributed by atoms with Gasteiger partial charge in [0, 0.05) is 16.2 Å². The van der Waals surface area contributed by atoms with Crippen LogP contribution in [0.5, 0.6) is 0 Å². The van der Waals surface area contributed by atoms with Gasteiger partial charge in [-0.2, -0.15) is 5.26 Å². The van der Waals surface area contributed by atoms with Gasteiger partial charge in [0.2, 0.25) is 0 Å². The van der Waals surface area contributed by atoms with Gasteiger partial charge < -0.3 is 0 Å². The van der Waals surface area contributed by atoms with Crippen LogP contribution in [0.25, 0.3) is 11.4 Å². The van der Waals surface area contributed by atoms with E-state index in [2.05, 4.69) is 32.0 Å². The van der Waals surface area contributed by atoms with E-state index in [9.17, 15) is 0 Å². The van der Waals surface area contributed by atoms with E-state index < -0.39 is 0 Å². The van der Waals surface area contributed by atoms with Gasteiger partial charge in [-0.1, -0.05) is 28.1 Å². The molecule has 0 atom stereocenters. The first-order chi connectivity index (χ1) is 7.79. The van der Waals surface area contributed by atoms with E-state index in [4.69, 9.17) is 5.26 Å². The van der Waals surface area contributed by atoms with E-state index in [1.54, 1.807) is 12.3 Å². The summed E-state index contributed by atoms with van der Waals surface area (Å²) in [5, 5.41) is 8.61. The van der Waals surface area contributed by atoms with E-state index in [1.807, 2.05) is 24.3 Å². The van der Waals surface area contributed by atoms with Crippen LogP contribution >= 0.6 is 15.9 Å². The normalized spacial score (nSPS) is 9.75. The van der Waals surface area contributed by atoms with Crippen molar-refractivity contribution in [1.29, 1.82) is 5.26 Å². The Morgan fingerprint density at radius 1 is 1.31 bits per heavy atom. The van der Waals surface area contributed by atoms with Crippen LogP contribution in [0.3, 0.4) is 0 Å². The summed E-state index contributed by atoms with van der Waals surface area (Å²) >= 11 is 3.40. The molecule has 0 saturated heterocycles. The van der Waals surface area contributed by atoms with Crippen molar-refractivity contribution in [2.45, 2.75) is 6.42 Å². The van der Waals surface area contributed by atoms with Crippen molar-refractivity contribution in [3.8, 4) is 17.5 Å². The van der Waals surface area contributed by atoms with Crippen LogP contribution in [0.15, 0.2) is 41.0 Å². The average Bonchev–Trinajstić information content (AvgIpc) is 2.30. The predicted octanol–water partition coefficient (Wildman–Crippen LogP) is 2.97. The minimum Gasteiger partial charge on any atom is -0.237 e. The summed E-state index contributed by atoms with van der Waals surface area (Å²) < 4.78 is 0.985. The highest BCUT2D eigenvalue weighted by Gasteiger charge is 2.02. The molecule has 2 rings (SSSR count). The number of nitrogens with zero attached hydrogens (tertiary/aromatic N) is 3. The van der Waals surface area contributed by atoms with E-state index >= 15 is 0 Å². The maximum Gasteiger partial charge on any atom is 0.159 e. The van der Waals surface area contributed by atoms with Gasteiger partial charge in [0.1, 0.15) is 0 Å². The topological polar surface area (TPSA) is 49.6 Å². The lowest BCUT2D eigenvalue weighted by atomic mass is 10.2. The lowest BCUT2D eigenvalue weighted by molar-refractivity contribution is 1.06.